The van der Waals surface area contributed by atoms with E-state index in [1.807, 2.05) is 43.5 Å². The lowest BCUT2D eigenvalue weighted by Gasteiger charge is -2.32. The van der Waals surface area contributed by atoms with Crippen LogP contribution < -0.4 is 14.2 Å². The Hall–Kier alpha value is -5.23. The molecule has 0 spiro atoms. The van der Waals surface area contributed by atoms with Crippen molar-refractivity contribution in [3.05, 3.63) is 106 Å². The van der Waals surface area contributed by atoms with Crippen LogP contribution in [-0.4, -0.2) is 118 Å². The van der Waals surface area contributed by atoms with Crippen LogP contribution >= 0.6 is 23.1 Å². The summed E-state index contributed by atoms with van der Waals surface area (Å²) in [6.07, 6.45) is 6.98. The molecule has 14 nitrogen and oxygen atoms in total. The number of fused-ring (bicyclic) bond motifs is 1. The van der Waals surface area contributed by atoms with Crippen molar-refractivity contribution < 1.29 is 32.5 Å². The van der Waals surface area contributed by atoms with Crippen molar-refractivity contribution >= 4 is 49.2 Å². The standard InChI is InChI=1S/C49H54ClN7O7S2/c1-31-27-35(13-16-42(31)66(60,61)57-19-6-7-20-57)47-51-18-17-36(53-47)30-63-38-12-5-4-9-34(38)28-40(49(58)59)64-48-44-41(65-54-48)29-52-46(33-10-8-11-33)43(44)37-14-15-39(45(50)32(37)2)62-26-25-56-23-21-55(3)22-24-56/h4-5,9,12-18,27,29,33,40H,6-8,10-11,19-26,28,30H2,1-3H3,(H,58,59). The number of para-hydroxylation sites is 1. The number of halogens is 1. The van der Waals surface area contributed by atoms with E-state index in [9.17, 15) is 18.3 Å². The zero-order chi connectivity index (χ0) is 46.0. The molecule has 3 fully saturated rings. The third-order valence-corrected chi connectivity index (χ3v) is 16.3. The maximum atomic E-state index is 13.3. The summed E-state index contributed by atoms with van der Waals surface area (Å²) in [5.41, 5.74) is 6.04. The van der Waals surface area contributed by atoms with Crippen molar-refractivity contribution in [2.24, 2.45) is 0 Å². The minimum absolute atomic E-state index is 0.00751. The average Bonchev–Trinajstić information content (AvgIpc) is 4.00. The van der Waals surface area contributed by atoms with Gasteiger partial charge in [0.2, 0.25) is 22.0 Å². The number of likely N-dealkylation sites (N-methyl/N-ethyl adjacent to an activating group) is 1. The van der Waals surface area contributed by atoms with Gasteiger partial charge in [0.15, 0.2) is 5.82 Å². The molecular weight excluding hydrogens is 898 g/mol. The minimum atomic E-state index is -3.58. The topological polar surface area (TPSA) is 160 Å². The number of aryl methyl sites for hydroxylation is 1. The summed E-state index contributed by atoms with van der Waals surface area (Å²) in [6.45, 7) is 10.3. The molecule has 17 heteroatoms. The molecule has 2 saturated heterocycles. The fourth-order valence-electron chi connectivity index (χ4n) is 8.91. The maximum absolute atomic E-state index is 13.3. The number of benzene rings is 3. The molecule has 1 N–H and O–H groups in total. The van der Waals surface area contributed by atoms with Crippen LogP contribution in [0.1, 0.15) is 66.1 Å². The number of nitrogens with zero attached hydrogens (tertiary/aromatic N) is 7. The van der Waals surface area contributed by atoms with Crippen LogP contribution in [-0.2, 0) is 27.8 Å². The largest absolute Gasteiger partial charge is 0.491 e. The van der Waals surface area contributed by atoms with Crippen molar-refractivity contribution in [2.45, 2.75) is 75.9 Å². The number of hydrogen-bond donors (Lipinski definition) is 1. The van der Waals surface area contributed by atoms with Crippen molar-refractivity contribution in [3.63, 3.8) is 0 Å². The molecule has 1 saturated carbocycles. The second-order valence-corrected chi connectivity index (χ2v) is 20.5. The molecule has 6 aromatic rings. The number of pyridine rings is 1. The van der Waals surface area contributed by atoms with E-state index < -0.39 is 22.1 Å². The van der Waals surface area contributed by atoms with Gasteiger partial charge in [0.05, 0.1) is 31.4 Å². The van der Waals surface area contributed by atoms with E-state index in [1.54, 1.807) is 43.5 Å². The molecule has 66 heavy (non-hydrogen) atoms. The third kappa shape index (κ3) is 9.76. The molecule has 2 aliphatic heterocycles. The number of carboxylic acid groups (broad SMARTS) is 1. The monoisotopic (exact) mass is 951 g/mol. The predicted octanol–water partition coefficient (Wildman–Crippen LogP) is 8.42. The highest BCUT2D eigenvalue weighted by atomic mass is 35.5. The van der Waals surface area contributed by atoms with E-state index in [2.05, 4.69) is 21.8 Å². The van der Waals surface area contributed by atoms with Crippen molar-refractivity contribution in [1.29, 1.82) is 0 Å². The summed E-state index contributed by atoms with van der Waals surface area (Å²) < 4.78 is 52.5. The lowest BCUT2D eigenvalue weighted by atomic mass is 9.79. The van der Waals surface area contributed by atoms with E-state index >= 15 is 0 Å². The van der Waals surface area contributed by atoms with Gasteiger partial charge in [0.1, 0.15) is 24.7 Å². The van der Waals surface area contributed by atoms with Crippen LogP contribution in [0.2, 0.25) is 5.02 Å². The van der Waals surface area contributed by atoms with E-state index in [0.29, 0.717) is 69.8 Å². The molecule has 3 aliphatic rings. The Labute approximate surface area is 394 Å². The quantitative estimate of drug-likeness (QED) is 0.0929. The predicted molar refractivity (Wildman–Crippen MR) is 255 cm³/mol. The van der Waals surface area contributed by atoms with E-state index in [0.717, 1.165) is 91.9 Å². The molecule has 3 aromatic heterocycles. The lowest BCUT2D eigenvalue weighted by Crippen LogP contribution is -2.45. The van der Waals surface area contributed by atoms with Crippen molar-refractivity contribution in [3.8, 4) is 39.9 Å². The number of rotatable bonds is 17. The minimum Gasteiger partial charge on any atom is -0.491 e. The summed E-state index contributed by atoms with van der Waals surface area (Å²) in [5.74, 6) is 0.863. The number of hydrogen-bond acceptors (Lipinski definition) is 13. The van der Waals surface area contributed by atoms with Gasteiger partial charge in [-0.05, 0) is 117 Å². The highest BCUT2D eigenvalue weighted by molar-refractivity contribution is 7.89. The average molecular weight is 953 g/mol. The number of carbonyl (C=O) groups is 1. The SMILES string of the molecule is Cc1cc(-c2nccc(COc3ccccc3CC(Oc3nsc4cnc(C5CCC5)c(-c5ccc(OCCN6CCN(C)CC6)c(Cl)c5C)c34)C(=O)O)n2)ccc1S(=O)(=O)N1CCCC1. The van der Waals surface area contributed by atoms with Gasteiger partial charge in [-0.15, -0.1) is 0 Å². The van der Waals surface area contributed by atoms with Crippen LogP contribution in [0.4, 0.5) is 0 Å². The van der Waals surface area contributed by atoms with Crippen LogP contribution in [0, 0.1) is 13.8 Å². The number of ether oxygens (including phenoxy) is 3. The van der Waals surface area contributed by atoms with Gasteiger partial charge in [0.25, 0.3) is 0 Å². The van der Waals surface area contributed by atoms with Crippen LogP contribution in [0.25, 0.3) is 32.6 Å². The first-order valence-electron chi connectivity index (χ1n) is 22.6. The van der Waals surface area contributed by atoms with Gasteiger partial charge in [-0.25, -0.2) is 23.2 Å². The van der Waals surface area contributed by atoms with E-state index in [1.165, 1.54) is 15.8 Å². The number of sulfonamides is 1. The second kappa shape index (κ2) is 19.9. The molecule has 0 amide bonds. The van der Waals surface area contributed by atoms with Gasteiger partial charge >= 0.3 is 5.97 Å². The summed E-state index contributed by atoms with van der Waals surface area (Å²) in [5, 5.41) is 11.9. The smallest absolute Gasteiger partial charge is 0.345 e. The number of carboxylic acids is 1. The Bertz CT molecular complexity index is 2840. The maximum Gasteiger partial charge on any atom is 0.345 e. The molecule has 5 heterocycles. The zero-order valence-electron chi connectivity index (χ0n) is 37.4. The molecule has 0 radical (unpaired) electrons. The Morgan fingerprint density at radius 3 is 2.47 bits per heavy atom. The lowest BCUT2D eigenvalue weighted by molar-refractivity contribution is -0.145. The van der Waals surface area contributed by atoms with Crippen molar-refractivity contribution in [1.82, 2.24) is 33.4 Å². The van der Waals surface area contributed by atoms with Crippen molar-refractivity contribution in [2.75, 3.05) is 59.5 Å². The normalized spacial score (nSPS) is 16.9. The first-order valence-corrected chi connectivity index (χ1v) is 25.2. The van der Waals surface area contributed by atoms with E-state index in [4.69, 9.17) is 40.2 Å². The molecule has 3 aromatic carbocycles. The molecule has 346 valence electrons. The highest BCUT2D eigenvalue weighted by Crippen LogP contribution is 2.48. The number of piperazine rings is 1. The number of aliphatic carboxylic acids is 1. The van der Waals surface area contributed by atoms with Crippen LogP contribution in [0.5, 0.6) is 17.4 Å². The van der Waals surface area contributed by atoms with Crippen LogP contribution in [0.15, 0.2) is 78.0 Å². The summed E-state index contributed by atoms with van der Waals surface area (Å²) in [7, 11) is -1.43. The first kappa shape index (κ1) is 45.9. The second-order valence-electron chi connectivity index (χ2n) is 17.4. The number of aromatic nitrogens is 4. The highest BCUT2D eigenvalue weighted by Gasteiger charge is 2.32. The fraction of sp³-hybridized carbons (Fsp3) is 0.408. The Balaban J connectivity index is 0.932. The first-order chi connectivity index (χ1) is 31.9. The summed E-state index contributed by atoms with van der Waals surface area (Å²) in [6, 6.07) is 18.1. The van der Waals surface area contributed by atoms with Gasteiger partial charge in [0, 0.05) is 81.7 Å². The third-order valence-electron chi connectivity index (χ3n) is 13.0. The zero-order valence-corrected chi connectivity index (χ0v) is 39.8. The van der Waals surface area contributed by atoms with Crippen LogP contribution in [0.3, 0.4) is 0 Å². The molecule has 1 aliphatic carbocycles. The molecule has 0 bridgehead atoms. The van der Waals surface area contributed by atoms with Gasteiger partial charge < -0.3 is 24.2 Å². The summed E-state index contributed by atoms with van der Waals surface area (Å²) >= 11 is 8.30. The Morgan fingerprint density at radius 1 is 0.939 bits per heavy atom. The summed E-state index contributed by atoms with van der Waals surface area (Å²) in [4.78, 5) is 32.2. The van der Waals surface area contributed by atoms with Gasteiger partial charge in [-0.3, -0.25) is 9.88 Å². The molecule has 9 rings (SSSR count). The Kier molecular flexibility index (Phi) is 13.9. The molecular formula is C49H54ClN7O7S2. The molecule has 1 unspecified atom stereocenters. The van der Waals surface area contributed by atoms with Gasteiger partial charge in [-0.1, -0.05) is 42.3 Å². The van der Waals surface area contributed by atoms with E-state index in [-0.39, 0.29) is 29.7 Å². The fourth-order valence-corrected chi connectivity index (χ4v) is 11.5. The van der Waals surface area contributed by atoms with Gasteiger partial charge in [-0.2, -0.15) is 8.68 Å². The molecule has 1 atom stereocenters. The Morgan fingerprint density at radius 2 is 1.73 bits per heavy atom.